The van der Waals surface area contributed by atoms with Crippen molar-refractivity contribution in [3.05, 3.63) is 69.1 Å². The Morgan fingerprint density at radius 2 is 1.71 bits per heavy atom. The number of aryl methyl sites for hydroxylation is 2. The van der Waals surface area contributed by atoms with Crippen LogP contribution in [-0.2, 0) is 17.8 Å². The van der Waals surface area contributed by atoms with Crippen LogP contribution in [0.25, 0.3) is 11.0 Å². The molecule has 28 heavy (non-hydrogen) atoms. The molecule has 0 aliphatic rings. The van der Waals surface area contributed by atoms with Crippen molar-refractivity contribution in [2.45, 2.75) is 26.8 Å². The van der Waals surface area contributed by atoms with E-state index in [1.165, 1.54) is 0 Å². The van der Waals surface area contributed by atoms with Gasteiger partial charge in [-0.2, -0.15) is 0 Å². The number of methoxy groups -OCH3 is 2. The minimum Gasteiger partial charge on any atom is -0.496 e. The lowest BCUT2D eigenvalue weighted by atomic mass is 10.0. The smallest absolute Gasteiger partial charge is 0.340 e. The second kappa shape index (κ2) is 8.17. The third-order valence-corrected chi connectivity index (χ3v) is 4.88. The molecule has 0 saturated carbocycles. The lowest BCUT2D eigenvalue weighted by molar-refractivity contribution is -0.120. The van der Waals surface area contributed by atoms with Crippen molar-refractivity contribution in [3.8, 4) is 11.5 Å². The molecular weight excluding hydrogens is 358 g/mol. The summed E-state index contributed by atoms with van der Waals surface area (Å²) in [4.78, 5) is 24.9. The molecule has 0 aliphatic heterocycles. The Labute approximate surface area is 163 Å². The van der Waals surface area contributed by atoms with Gasteiger partial charge in [-0.1, -0.05) is 18.2 Å². The number of para-hydroxylation sites is 1. The number of hydrogen-bond donors (Lipinski definition) is 1. The summed E-state index contributed by atoms with van der Waals surface area (Å²) in [5, 5.41) is 3.63. The minimum atomic E-state index is -0.506. The molecule has 0 radical (unpaired) electrons. The average molecular weight is 381 g/mol. The van der Waals surface area contributed by atoms with Gasteiger partial charge in [-0.15, -0.1) is 0 Å². The first-order valence-electron chi connectivity index (χ1n) is 8.94. The summed E-state index contributed by atoms with van der Waals surface area (Å²) in [6.07, 6.45) is -0.0513. The van der Waals surface area contributed by atoms with E-state index in [1.54, 1.807) is 14.2 Å². The predicted octanol–water partition coefficient (Wildman–Crippen LogP) is 3.29. The van der Waals surface area contributed by atoms with Crippen LogP contribution in [0.5, 0.6) is 11.5 Å². The second-order valence-corrected chi connectivity index (χ2v) is 6.53. The van der Waals surface area contributed by atoms with Gasteiger partial charge < -0.3 is 19.2 Å². The predicted molar refractivity (Wildman–Crippen MR) is 107 cm³/mol. The molecule has 0 bridgehead atoms. The summed E-state index contributed by atoms with van der Waals surface area (Å²) in [6, 6.07) is 11.1. The summed E-state index contributed by atoms with van der Waals surface area (Å²) in [5.41, 5.74) is 2.70. The lowest BCUT2D eigenvalue weighted by Crippen LogP contribution is -2.27. The maximum absolute atomic E-state index is 12.5. The first-order valence-corrected chi connectivity index (χ1v) is 8.94. The highest BCUT2D eigenvalue weighted by atomic mass is 16.5. The normalized spacial score (nSPS) is 10.7. The summed E-state index contributed by atoms with van der Waals surface area (Å²) in [6.45, 7) is 3.98. The van der Waals surface area contributed by atoms with E-state index in [0.29, 0.717) is 29.2 Å². The van der Waals surface area contributed by atoms with E-state index >= 15 is 0 Å². The zero-order valence-electron chi connectivity index (χ0n) is 16.4. The number of ether oxygens (including phenoxy) is 2. The van der Waals surface area contributed by atoms with Gasteiger partial charge >= 0.3 is 5.63 Å². The molecule has 3 aromatic rings. The molecule has 2 aromatic carbocycles. The molecule has 0 unspecified atom stereocenters. The zero-order valence-corrected chi connectivity index (χ0v) is 16.4. The number of fused-ring (bicyclic) bond motifs is 1. The highest BCUT2D eigenvalue weighted by molar-refractivity contribution is 5.87. The number of benzene rings is 2. The van der Waals surface area contributed by atoms with Crippen LogP contribution < -0.4 is 20.4 Å². The topological polar surface area (TPSA) is 77.8 Å². The molecule has 0 aliphatic carbocycles. The van der Waals surface area contributed by atoms with Crippen molar-refractivity contribution in [1.29, 1.82) is 0 Å². The summed E-state index contributed by atoms with van der Waals surface area (Å²) < 4.78 is 16.1. The van der Waals surface area contributed by atoms with Crippen LogP contribution in [0.2, 0.25) is 0 Å². The SMILES string of the molecule is COc1ccccc1CNC(=O)Cc1c(C)c2ccc(OC)c(C)c2oc1=O. The number of amides is 1. The zero-order chi connectivity index (χ0) is 20.3. The molecule has 0 saturated heterocycles. The highest BCUT2D eigenvalue weighted by Gasteiger charge is 2.17. The van der Waals surface area contributed by atoms with Gasteiger partial charge in [0, 0.05) is 23.1 Å². The molecular formula is C22H23NO5. The maximum Gasteiger partial charge on any atom is 0.340 e. The van der Waals surface area contributed by atoms with Crippen LogP contribution in [0.3, 0.4) is 0 Å². The third kappa shape index (κ3) is 3.71. The summed E-state index contributed by atoms with van der Waals surface area (Å²) in [7, 11) is 3.15. The van der Waals surface area contributed by atoms with E-state index in [2.05, 4.69) is 5.32 Å². The van der Waals surface area contributed by atoms with Crippen molar-refractivity contribution >= 4 is 16.9 Å². The molecule has 0 fully saturated rings. The monoisotopic (exact) mass is 381 g/mol. The largest absolute Gasteiger partial charge is 0.496 e. The van der Waals surface area contributed by atoms with Crippen LogP contribution in [0, 0.1) is 13.8 Å². The Hall–Kier alpha value is -3.28. The van der Waals surface area contributed by atoms with Crippen LogP contribution in [0.15, 0.2) is 45.6 Å². The average Bonchev–Trinajstić information content (AvgIpc) is 2.70. The van der Waals surface area contributed by atoms with Gasteiger partial charge in [0.25, 0.3) is 0 Å². The third-order valence-electron chi connectivity index (χ3n) is 4.88. The van der Waals surface area contributed by atoms with Crippen LogP contribution >= 0.6 is 0 Å². The Balaban J connectivity index is 1.84. The van der Waals surface area contributed by atoms with Gasteiger partial charge in [0.2, 0.25) is 5.91 Å². The molecule has 146 valence electrons. The minimum absolute atomic E-state index is 0.0513. The van der Waals surface area contributed by atoms with Crippen molar-refractivity contribution < 1.29 is 18.7 Å². The van der Waals surface area contributed by atoms with E-state index in [-0.39, 0.29) is 12.3 Å². The summed E-state index contributed by atoms with van der Waals surface area (Å²) >= 11 is 0. The molecule has 6 nitrogen and oxygen atoms in total. The molecule has 0 spiro atoms. The molecule has 6 heteroatoms. The van der Waals surface area contributed by atoms with E-state index in [0.717, 1.165) is 22.1 Å². The number of carbonyl (C=O) groups excluding carboxylic acids is 1. The highest BCUT2D eigenvalue weighted by Crippen LogP contribution is 2.29. The van der Waals surface area contributed by atoms with Gasteiger partial charge in [0.05, 0.1) is 26.2 Å². The van der Waals surface area contributed by atoms with Crippen LogP contribution in [0.4, 0.5) is 0 Å². The van der Waals surface area contributed by atoms with Gasteiger partial charge in [-0.05, 0) is 37.6 Å². The van der Waals surface area contributed by atoms with Crippen molar-refractivity contribution in [1.82, 2.24) is 5.32 Å². The first-order chi connectivity index (χ1) is 13.5. The Morgan fingerprint density at radius 3 is 2.43 bits per heavy atom. The molecule has 1 N–H and O–H groups in total. The van der Waals surface area contributed by atoms with E-state index in [9.17, 15) is 9.59 Å². The fourth-order valence-corrected chi connectivity index (χ4v) is 3.26. The maximum atomic E-state index is 12.5. The first kappa shape index (κ1) is 19.5. The Kier molecular flexibility index (Phi) is 5.68. The van der Waals surface area contributed by atoms with Crippen LogP contribution in [0.1, 0.15) is 22.3 Å². The fourth-order valence-electron chi connectivity index (χ4n) is 3.26. The van der Waals surface area contributed by atoms with Crippen molar-refractivity contribution in [2.24, 2.45) is 0 Å². The van der Waals surface area contributed by atoms with Gasteiger partial charge in [0.1, 0.15) is 17.1 Å². The quantitative estimate of drug-likeness (QED) is 0.663. The number of hydrogen-bond acceptors (Lipinski definition) is 5. The van der Waals surface area contributed by atoms with E-state index in [1.807, 2.05) is 50.2 Å². The number of carbonyl (C=O) groups is 1. The standard InChI is InChI=1S/C22H23NO5/c1-13-16-9-10-18(26-3)14(2)21(16)28-22(25)17(13)11-20(24)23-12-15-7-5-6-8-19(15)27-4/h5-10H,11-12H2,1-4H3,(H,23,24). The molecule has 3 rings (SSSR count). The Bertz CT molecular complexity index is 1080. The number of rotatable bonds is 6. The van der Waals surface area contributed by atoms with E-state index < -0.39 is 5.63 Å². The molecule has 1 amide bonds. The molecule has 1 aromatic heterocycles. The summed E-state index contributed by atoms with van der Waals surface area (Å²) in [5.74, 6) is 1.09. The van der Waals surface area contributed by atoms with Gasteiger partial charge in [-0.3, -0.25) is 4.79 Å². The van der Waals surface area contributed by atoms with E-state index in [4.69, 9.17) is 13.9 Å². The van der Waals surface area contributed by atoms with Gasteiger partial charge in [-0.25, -0.2) is 4.79 Å². The van der Waals surface area contributed by atoms with Gasteiger partial charge in [0.15, 0.2) is 0 Å². The fraction of sp³-hybridized carbons (Fsp3) is 0.273. The molecule has 1 heterocycles. The molecule has 0 atom stereocenters. The van der Waals surface area contributed by atoms with Crippen molar-refractivity contribution in [2.75, 3.05) is 14.2 Å². The number of nitrogens with one attached hydrogen (secondary N) is 1. The second-order valence-electron chi connectivity index (χ2n) is 6.53. The van der Waals surface area contributed by atoms with Crippen molar-refractivity contribution in [3.63, 3.8) is 0 Å². The van der Waals surface area contributed by atoms with Crippen LogP contribution in [-0.4, -0.2) is 20.1 Å². The lowest BCUT2D eigenvalue weighted by Gasteiger charge is -2.12. The Morgan fingerprint density at radius 1 is 1.00 bits per heavy atom.